The third kappa shape index (κ3) is 5.42. The van der Waals surface area contributed by atoms with Gasteiger partial charge in [-0.05, 0) is 20.3 Å². The Hall–Kier alpha value is 0.110. The predicted octanol–water partition coefficient (Wildman–Crippen LogP) is 1.99. The minimum absolute atomic E-state index is 0.107. The molecular formula is C8H20NO3P. The molecule has 0 aliphatic heterocycles. The van der Waals surface area contributed by atoms with Crippen LogP contribution in [-0.2, 0) is 13.6 Å². The van der Waals surface area contributed by atoms with Crippen molar-refractivity contribution in [1.82, 2.24) is 0 Å². The maximum atomic E-state index is 11.9. The van der Waals surface area contributed by atoms with E-state index < -0.39 is 7.60 Å². The lowest BCUT2D eigenvalue weighted by Gasteiger charge is -2.19. The maximum Gasteiger partial charge on any atom is 0.332 e. The van der Waals surface area contributed by atoms with Crippen LogP contribution in [0.5, 0.6) is 0 Å². The van der Waals surface area contributed by atoms with Gasteiger partial charge in [0.15, 0.2) is 0 Å². The van der Waals surface area contributed by atoms with Crippen LogP contribution in [0.25, 0.3) is 0 Å². The quantitative estimate of drug-likeness (QED) is 0.651. The molecule has 5 heteroatoms. The SMILES string of the molecule is CCOP(=O)(C[C@@H](N)CC)OCC. The van der Waals surface area contributed by atoms with Gasteiger partial charge >= 0.3 is 7.60 Å². The number of hydrogen-bond donors (Lipinski definition) is 1. The third-order valence-corrected chi connectivity index (χ3v) is 3.85. The van der Waals surface area contributed by atoms with E-state index in [1.807, 2.05) is 6.92 Å². The minimum atomic E-state index is -2.92. The Balaban J connectivity index is 4.14. The Morgan fingerprint density at radius 2 is 1.69 bits per heavy atom. The van der Waals surface area contributed by atoms with Gasteiger partial charge in [0.1, 0.15) is 0 Å². The maximum absolute atomic E-state index is 11.9. The molecule has 0 bridgehead atoms. The second-order valence-electron chi connectivity index (χ2n) is 2.80. The van der Waals surface area contributed by atoms with Crippen LogP contribution in [-0.4, -0.2) is 25.4 Å². The van der Waals surface area contributed by atoms with Crippen molar-refractivity contribution >= 4 is 7.60 Å². The highest BCUT2D eigenvalue weighted by molar-refractivity contribution is 7.53. The normalized spacial score (nSPS) is 14.5. The van der Waals surface area contributed by atoms with E-state index in [0.29, 0.717) is 19.4 Å². The predicted molar refractivity (Wildman–Crippen MR) is 54.0 cm³/mol. The number of rotatable bonds is 7. The lowest BCUT2D eigenvalue weighted by atomic mass is 10.3. The monoisotopic (exact) mass is 209 g/mol. The largest absolute Gasteiger partial charge is 0.332 e. The Morgan fingerprint density at radius 1 is 1.23 bits per heavy atom. The van der Waals surface area contributed by atoms with Gasteiger partial charge in [-0.15, -0.1) is 0 Å². The highest BCUT2D eigenvalue weighted by Crippen LogP contribution is 2.48. The fraction of sp³-hybridized carbons (Fsp3) is 1.00. The summed E-state index contributed by atoms with van der Waals surface area (Å²) in [6, 6.07) is -0.107. The molecule has 0 aromatic heterocycles. The molecule has 2 N–H and O–H groups in total. The van der Waals surface area contributed by atoms with Crippen molar-refractivity contribution < 1.29 is 13.6 Å². The summed E-state index contributed by atoms with van der Waals surface area (Å²) >= 11 is 0. The molecule has 0 aromatic rings. The van der Waals surface area contributed by atoms with Crippen LogP contribution in [0.2, 0.25) is 0 Å². The summed E-state index contributed by atoms with van der Waals surface area (Å²) < 4.78 is 22.0. The number of nitrogens with two attached hydrogens (primary N) is 1. The molecule has 0 rings (SSSR count). The average Bonchev–Trinajstić information content (AvgIpc) is 2.04. The van der Waals surface area contributed by atoms with Crippen molar-refractivity contribution in [2.24, 2.45) is 5.73 Å². The Morgan fingerprint density at radius 3 is 2.00 bits per heavy atom. The molecule has 0 aliphatic rings. The van der Waals surface area contributed by atoms with Gasteiger partial charge in [0.25, 0.3) is 0 Å². The first-order valence-corrected chi connectivity index (χ1v) is 6.44. The summed E-state index contributed by atoms with van der Waals surface area (Å²) in [6.07, 6.45) is 1.09. The van der Waals surface area contributed by atoms with E-state index in [0.717, 1.165) is 6.42 Å². The smallest absolute Gasteiger partial charge is 0.327 e. The van der Waals surface area contributed by atoms with Crippen LogP contribution in [0.3, 0.4) is 0 Å². The standard InChI is InChI=1S/C8H20NO3P/c1-4-8(9)7-13(10,11-5-2)12-6-3/h8H,4-7,9H2,1-3H3/t8-/m0/s1. The van der Waals surface area contributed by atoms with Crippen LogP contribution in [0.15, 0.2) is 0 Å². The van der Waals surface area contributed by atoms with Crippen molar-refractivity contribution in [2.45, 2.75) is 33.2 Å². The summed E-state index contributed by atoms with van der Waals surface area (Å²) in [5.74, 6) is 0. The molecular weight excluding hydrogens is 189 g/mol. The van der Waals surface area contributed by atoms with E-state index in [-0.39, 0.29) is 6.04 Å². The average molecular weight is 209 g/mol. The summed E-state index contributed by atoms with van der Waals surface area (Å²) in [5, 5.41) is 0. The molecule has 0 aliphatic carbocycles. The topological polar surface area (TPSA) is 61.5 Å². The Kier molecular flexibility index (Phi) is 6.60. The van der Waals surface area contributed by atoms with E-state index >= 15 is 0 Å². The van der Waals surface area contributed by atoms with Crippen LogP contribution in [0.4, 0.5) is 0 Å². The first-order chi connectivity index (χ1) is 6.08. The molecule has 0 fully saturated rings. The second-order valence-corrected chi connectivity index (χ2v) is 4.90. The molecule has 0 spiro atoms. The number of hydrogen-bond acceptors (Lipinski definition) is 4. The third-order valence-electron chi connectivity index (χ3n) is 1.63. The van der Waals surface area contributed by atoms with Gasteiger partial charge in [-0.25, -0.2) is 0 Å². The van der Waals surface area contributed by atoms with Gasteiger partial charge in [0, 0.05) is 6.04 Å². The van der Waals surface area contributed by atoms with E-state index in [1.165, 1.54) is 0 Å². The zero-order valence-corrected chi connectivity index (χ0v) is 9.55. The van der Waals surface area contributed by atoms with E-state index in [1.54, 1.807) is 13.8 Å². The Bertz CT molecular complexity index is 165. The second kappa shape index (κ2) is 6.55. The minimum Gasteiger partial charge on any atom is -0.327 e. The van der Waals surface area contributed by atoms with Crippen molar-refractivity contribution in [2.75, 3.05) is 19.4 Å². The van der Waals surface area contributed by atoms with Gasteiger partial charge in [-0.3, -0.25) is 4.57 Å². The molecule has 0 amide bonds. The molecule has 13 heavy (non-hydrogen) atoms. The van der Waals surface area contributed by atoms with E-state index in [2.05, 4.69) is 0 Å². The molecule has 0 radical (unpaired) electrons. The highest BCUT2D eigenvalue weighted by Gasteiger charge is 2.25. The molecule has 0 unspecified atom stereocenters. The zero-order valence-electron chi connectivity index (χ0n) is 8.66. The van der Waals surface area contributed by atoms with Crippen molar-refractivity contribution in [3.8, 4) is 0 Å². The van der Waals surface area contributed by atoms with Crippen molar-refractivity contribution in [3.05, 3.63) is 0 Å². The Labute approximate surface area is 80.3 Å². The van der Waals surface area contributed by atoms with Crippen LogP contribution in [0.1, 0.15) is 27.2 Å². The fourth-order valence-corrected chi connectivity index (χ4v) is 2.86. The molecule has 0 saturated heterocycles. The molecule has 0 heterocycles. The van der Waals surface area contributed by atoms with Crippen LogP contribution in [0, 0.1) is 0 Å². The first kappa shape index (κ1) is 13.1. The lowest BCUT2D eigenvalue weighted by Crippen LogP contribution is -2.24. The zero-order chi connectivity index (χ0) is 10.3. The molecule has 80 valence electrons. The van der Waals surface area contributed by atoms with Gasteiger partial charge in [-0.2, -0.15) is 0 Å². The van der Waals surface area contributed by atoms with Gasteiger partial charge in [-0.1, -0.05) is 6.92 Å². The van der Waals surface area contributed by atoms with Gasteiger partial charge in [0.05, 0.1) is 19.4 Å². The summed E-state index contributed by atoms with van der Waals surface area (Å²) in [6.45, 7) is 6.33. The van der Waals surface area contributed by atoms with Crippen LogP contribution < -0.4 is 5.73 Å². The van der Waals surface area contributed by atoms with Gasteiger partial charge < -0.3 is 14.8 Å². The van der Waals surface area contributed by atoms with E-state index in [4.69, 9.17) is 14.8 Å². The lowest BCUT2D eigenvalue weighted by molar-refractivity contribution is 0.218. The van der Waals surface area contributed by atoms with Crippen LogP contribution >= 0.6 is 7.60 Å². The summed E-state index contributed by atoms with van der Waals surface area (Å²) in [4.78, 5) is 0. The first-order valence-electron chi connectivity index (χ1n) is 4.71. The summed E-state index contributed by atoms with van der Waals surface area (Å²) in [7, 11) is -2.92. The van der Waals surface area contributed by atoms with Crippen molar-refractivity contribution in [1.29, 1.82) is 0 Å². The fourth-order valence-electron chi connectivity index (χ4n) is 0.952. The summed E-state index contributed by atoms with van der Waals surface area (Å²) in [5.41, 5.74) is 5.69. The highest BCUT2D eigenvalue weighted by atomic mass is 31.2. The molecule has 1 atom stereocenters. The van der Waals surface area contributed by atoms with Crippen molar-refractivity contribution in [3.63, 3.8) is 0 Å². The molecule has 4 nitrogen and oxygen atoms in total. The molecule has 0 aromatic carbocycles. The van der Waals surface area contributed by atoms with Gasteiger partial charge in [0.2, 0.25) is 0 Å². The molecule has 0 saturated carbocycles. The van der Waals surface area contributed by atoms with E-state index in [9.17, 15) is 4.57 Å².